The molecule has 3 rings (SSSR count). The average Bonchev–Trinajstić information content (AvgIpc) is 3.01. The van der Waals surface area contributed by atoms with Crippen LogP contribution in [0.4, 0.5) is 10.5 Å². The number of hydrogen-bond acceptors (Lipinski definition) is 8. The highest BCUT2D eigenvalue weighted by atomic mass is 32.2. The van der Waals surface area contributed by atoms with E-state index in [4.69, 9.17) is 22.7 Å². The molecule has 1 aliphatic rings. The average molecular weight is 507 g/mol. The molecule has 4 amide bonds. The zero-order chi connectivity index (χ0) is 24.2. The second-order valence-corrected chi connectivity index (χ2v) is 9.94. The zero-order valence-corrected chi connectivity index (χ0v) is 19.6. The number of hydrogen-bond donors (Lipinski definition) is 3. The largest absolute Gasteiger partial charge is 0.497 e. The fourth-order valence-corrected chi connectivity index (χ4v) is 4.87. The van der Waals surface area contributed by atoms with E-state index < -0.39 is 27.9 Å². The van der Waals surface area contributed by atoms with Gasteiger partial charge in [0.05, 0.1) is 16.9 Å². The van der Waals surface area contributed by atoms with Gasteiger partial charge in [0.25, 0.3) is 15.9 Å². The minimum absolute atomic E-state index is 0.208. The first-order valence-corrected chi connectivity index (χ1v) is 11.9. The molecule has 0 spiro atoms. The van der Waals surface area contributed by atoms with Gasteiger partial charge in [-0.15, -0.1) is 0 Å². The number of sulfonamides is 1. The number of thioether (sulfide) groups is 1. The van der Waals surface area contributed by atoms with Gasteiger partial charge in [-0.05, 0) is 48.0 Å². The number of primary amides is 1. The number of benzene rings is 2. The van der Waals surface area contributed by atoms with Crippen LogP contribution in [0.15, 0.2) is 58.3 Å². The fourth-order valence-electron chi connectivity index (χ4n) is 2.74. The highest BCUT2D eigenvalue weighted by Crippen LogP contribution is 2.32. The number of rotatable bonds is 7. The summed E-state index contributed by atoms with van der Waals surface area (Å²) in [7, 11) is -2.54. The number of ether oxygens (including phenoxy) is 1. The first kappa shape index (κ1) is 24.2. The van der Waals surface area contributed by atoms with Crippen LogP contribution in [0, 0.1) is 0 Å². The Morgan fingerprint density at radius 3 is 2.36 bits per heavy atom. The van der Waals surface area contributed by atoms with Crippen molar-refractivity contribution in [3.8, 4) is 5.75 Å². The van der Waals surface area contributed by atoms with Crippen LogP contribution in [0.25, 0.3) is 6.08 Å². The number of urea groups is 1. The SMILES string of the molecule is COc1ccc(/C=C2\SC(=S)N(CC(=O)Nc3ccc(S(=O)(=O)NC(N)=O)cc3)C2=O)cc1. The number of nitrogens with zero attached hydrogens (tertiary/aromatic N) is 1. The predicted octanol–water partition coefficient (Wildman–Crippen LogP) is 1.89. The van der Waals surface area contributed by atoms with E-state index in [1.807, 2.05) is 0 Å². The van der Waals surface area contributed by atoms with E-state index in [2.05, 4.69) is 5.32 Å². The van der Waals surface area contributed by atoms with Crippen LogP contribution >= 0.6 is 24.0 Å². The summed E-state index contributed by atoms with van der Waals surface area (Å²) in [6, 6.07) is 11.0. The highest BCUT2D eigenvalue weighted by molar-refractivity contribution is 8.26. The number of nitrogens with one attached hydrogen (secondary N) is 2. The first-order valence-electron chi connectivity index (χ1n) is 9.20. The lowest BCUT2D eigenvalue weighted by molar-refractivity contribution is -0.126. The van der Waals surface area contributed by atoms with E-state index in [0.29, 0.717) is 10.7 Å². The molecule has 33 heavy (non-hydrogen) atoms. The lowest BCUT2D eigenvalue weighted by Crippen LogP contribution is -2.36. The van der Waals surface area contributed by atoms with Crippen molar-refractivity contribution >= 4 is 67.9 Å². The van der Waals surface area contributed by atoms with Crippen molar-refractivity contribution in [2.24, 2.45) is 5.73 Å². The summed E-state index contributed by atoms with van der Waals surface area (Å²) in [5.74, 6) is -0.232. The number of nitrogens with two attached hydrogens (primary N) is 1. The van der Waals surface area contributed by atoms with E-state index in [-0.39, 0.29) is 21.4 Å². The summed E-state index contributed by atoms with van der Waals surface area (Å²) in [4.78, 5) is 37.3. The van der Waals surface area contributed by atoms with Gasteiger partial charge < -0.3 is 15.8 Å². The van der Waals surface area contributed by atoms with Crippen molar-refractivity contribution in [3.63, 3.8) is 0 Å². The molecule has 13 heteroatoms. The molecule has 2 aromatic rings. The topological polar surface area (TPSA) is 148 Å². The molecule has 4 N–H and O–H groups in total. The maximum atomic E-state index is 12.7. The molecular formula is C20H18N4O6S3. The summed E-state index contributed by atoms with van der Waals surface area (Å²) in [5.41, 5.74) is 5.91. The summed E-state index contributed by atoms with van der Waals surface area (Å²) in [6.45, 7) is -0.312. The van der Waals surface area contributed by atoms with Gasteiger partial charge in [0, 0.05) is 5.69 Å². The van der Waals surface area contributed by atoms with Gasteiger partial charge in [0.1, 0.15) is 16.6 Å². The van der Waals surface area contributed by atoms with Crippen molar-refractivity contribution in [1.82, 2.24) is 9.62 Å². The summed E-state index contributed by atoms with van der Waals surface area (Å²) >= 11 is 6.33. The van der Waals surface area contributed by atoms with Gasteiger partial charge in [0.2, 0.25) is 5.91 Å². The Hall–Kier alpha value is -3.42. The maximum Gasteiger partial charge on any atom is 0.326 e. The number of carbonyl (C=O) groups is 3. The van der Waals surface area contributed by atoms with Crippen molar-refractivity contribution in [3.05, 3.63) is 59.0 Å². The van der Waals surface area contributed by atoms with Crippen molar-refractivity contribution in [2.45, 2.75) is 4.90 Å². The second kappa shape index (κ2) is 10.0. The van der Waals surface area contributed by atoms with Crippen molar-refractivity contribution in [2.75, 3.05) is 19.0 Å². The molecule has 2 aromatic carbocycles. The van der Waals surface area contributed by atoms with Gasteiger partial charge in [0.15, 0.2) is 0 Å². The van der Waals surface area contributed by atoms with Crippen molar-refractivity contribution < 1.29 is 27.5 Å². The van der Waals surface area contributed by atoms with Gasteiger partial charge in [-0.1, -0.05) is 36.1 Å². The molecule has 0 saturated carbocycles. The van der Waals surface area contributed by atoms with Crippen LogP contribution in [0.2, 0.25) is 0 Å². The quantitative estimate of drug-likeness (QED) is 0.381. The van der Waals surface area contributed by atoms with Gasteiger partial charge in [-0.25, -0.2) is 17.9 Å². The first-order chi connectivity index (χ1) is 15.6. The standard InChI is InChI=1S/C20H18N4O6S3/c1-30-14-6-2-12(3-7-14)10-16-18(26)24(20(31)32-16)11-17(25)22-13-4-8-15(9-5-13)33(28,29)23-19(21)27/h2-10H,11H2,1H3,(H,22,25)(H3,21,23,27)/b16-10-. The second-order valence-electron chi connectivity index (χ2n) is 6.58. The summed E-state index contributed by atoms with van der Waals surface area (Å²) in [6.07, 6.45) is 1.68. The summed E-state index contributed by atoms with van der Waals surface area (Å²) < 4.78 is 30.8. The van der Waals surface area contributed by atoms with Crippen LogP contribution in [-0.2, 0) is 19.6 Å². The molecular weight excluding hydrogens is 488 g/mol. The van der Waals surface area contributed by atoms with Crippen LogP contribution in [0.5, 0.6) is 5.75 Å². The van der Waals surface area contributed by atoms with Crippen LogP contribution < -0.4 is 20.5 Å². The Morgan fingerprint density at radius 1 is 1.15 bits per heavy atom. The predicted molar refractivity (Wildman–Crippen MR) is 128 cm³/mol. The molecule has 1 heterocycles. The van der Waals surface area contributed by atoms with E-state index >= 15 is 0 Å². The normalized spacial score (nSPS) is 14.9. The Balaban J connectivity index is 1.64. The van der Waals surface area contributed by atoms with Gasteiger partial charge >= 0.3 is 6.03 Å². The molecule has 1 aliphatic heterocycles. The number of thiocarbonyl (C=S) groups is 1. The number of amides is 4. The Labute approximate surface area is 199 Å². The minimum Gasteiger partial charge on any atom is -0.497 e. The van der Waals surface area contributed by atoms with E-state index in [0.717, 1.165) is 17.3 Å². The molecule has 1 fully saturated rings. The number of anilines is 1. The van der Waals surface area contributed by atoms with E-state index in [1.54, 1.807) is 42.2 Å². The minimum atomic E-state index is -4.10. The Morgan fingerprint density at radius 2 is 1.79 bits per heavy atom. The lowest BCUT2D eigenvalue weighted by atomic mass is 10.2. The lowest BCUT2D eigenvalue weighted by Gasteiger charge is -2.14. The number of methoxy groups -OCH3 is 1. The monoisotopic (exact) mass is 506 g/mol. The molecule has 0 aliphatic carbocycles. The number of carbonyl (C=O) groups excluding carboxylic acids is 3. The third kappa shape index (κ3) is 6.09. The molecule has 0 radical (unpaired) electrons. The molecule has 0 aromatic heterocycles. The smallest absolute Gasteiger partial charge is 0.326 e. The Bertz CT molecular complexity index is 1240. The van der Waals surface area contributed by atoms with Gasteiger partial charge in [-0.3, -0.25) is 14.5 Å². The molecule has 1 saturated heterocycles. The van der Waals surface area contributed by atoms with Gasteiger partial charge in [-0.2, -0.15) is 0 Å². The third-order valence-corrected chi connectivity index (χ3v) is 7.01. The van der Waals surface area contributed by atoms with Crippen LogP contribution in [0.1, 0.15) is 5.56 Å². The third-order valence-electron chi connectivity index (χ3n) is 4.27. The van der Waals surface area contributed by atoms with Crippen LogP contribution in [0.3, 0.4) is 0 Å². The van der Waals surface area contributed by atoms with Crippen LogP contribution in [-0.4, -0.2) is 49.1 Å². The van der Waals surface area contributed by atoms with Crippen molar-refractivity contribution in [1.29, 1.82) is 0 Å². The molecule has 10 nitrogen and oxygen atoms in total. The molecule has 0 atom stereocenters. The molecule has 0 bridgehead atoms. The zero-order valence-electron chi connectivity index (χ0n) is 17.1. The molecule has 0 unspecified atom stereocenters. The summed E-state index contributed by atoms with van der Waals surface area (Å²) in [5, 5.41) is 2.56. The van der Waals surface area contributed by atoms with E-state index in [9.17, 15) is 22.8 Å². The molecule has 172 valence electrons. The maximum absolute atomic E-state index is 12.7. The fraction of sp³-hybridized carbons (Fsp3) is 0.100. The highest BCUT2D eigenvalue weighted by Gasteiger charge is 2.33. The van der Waals surface area contributed by atoms with E-state index in [1.165, 1.54) is 29.2 Å². The Kier molecular flexibility index (Phi) is 7.36.